The molecular weight excluding hydrogens is 622 g/mol. The lowest BCUT2D eigenvalue weighted by atomic mass is 10.0. The average Bonchev–Trinajstić information content (AvgIpc) is 3.48. The third-order valence-corrected chi connectivity index (χ3v) is 9.21. The van der Waals surface area contributed by atoms with Gasteiger partial charge in [0.05, 0.1) is 11.2 Å². The molecule has 0 N–H and O–H groups in total. The zero-order valence-corrected chi connectivity index (χ0v) is 29.7. The number of aromatic nitrogens is 1. The van der Waals surface area contributed by atoms with E-state index in [1.807, 2.05) is 24.3 Å². The summed E-state index contributed by atoms with van der Waals surface area (Å²) in [6, 6.07) is 25.0. The van der Waals surface area contributed by atoms with Gasteiger partial charge in [0.15, 0.2) is 12.3 Å². The van der Waals surface area contributed by atoms with Gasteiger partial charge in [-0.05, 0) is 73.4 Å². The number of nitrogens with zero attached hydrogens (tertiary/aromatic N) is 3. The van der Waals surface area contributed by atoms with E-state index in [0.29, 0.717) is 17.5 Å². The molecule has 3 aromatic carbocycles. The van der Waals surface area contributed by atoms with Gasteiger partial charge in [0.2, 0.25) is 0 Å². The van der Waals surface area contributed by atoms with Gasteiger partial charge < -0.3 is 14.1 Å². The zero-order chi connectivity index (χ0) is 34.8. The molecule has 0 radical (unpaired) electrons. The average molecular weight is 676 g/mol. The van der Waals surface area contributed by atoms with E-state index >= 15 is 0 Å². The smallest absolute Gasteiger partial charge is 0.422 e. The molecule has 1 saturated heterocycles. The Hall–Kier alpha value is -4.62. The fourth-order valence-corrected chi connectivity index (χ4v) is 6.42. The molecule has 264 valence electrons. The summed E-state index contributed by atoms with van der Waals surface area (Å²) < 4.78 is 12.7. The number of esters is 1. The van der Waals surface area contributed by atoms with Crippen LogP contribution in [0.1, 0.15) is 76.7 Å². The quantitative estimate of drug-likeness (QED) is 0.0560. The van der Waals surface area contributed by atoms with E-state index in [0.717, 1.165) is 89.8 Å². The van der Waals surface area contributed by atoms with Crippen LogP contribution in [0.4, 0.5) is 5.69 Å². The van der Waals surface area contributed by atoms with Gasteiger partial charge in [0, 0.05) is 39.1 Å². The Morgan fingerprint density at radius 2 is 1.46 bits per heavy atom. The van der Waals surface area contributed by atoms with Gasteiger partial charge in [-0.2, -0.15) is 0 Å². The highest BCUT2D eigenvalue weighted by molar-refractivity contribution is 5.87. The number of para-hydroxylation sites is 1. The first-order chi connectivity index (χ1) is 24.6. The van der Waals surface area contributed by atoms with Gasteiger partial charge >= 0.3 is 11.7 Å². The van der Waals surface area contributed by atoms with Crippen molar-refractivity contribution in [2.45, 2.75) is 84.4 Å². The minimum Gasteiger partial charge on any atom is -0.444 e. The van der Waals surface area contributed by atoms with Crippen molar-refractivity contribution in [1.29, 1.82) is 0 Å². The minimum atomic E-state index is -0.508. The van der Waals surface area contributed by atoms with Gasteiger partial charge in [-0.25, -0.2) is 9.36 Å². The number of allylic oxidation sites excluding steroid dienone is 6. The summed E-state index contributed by atoms with van der Waals surface area (Å²) in [5.41, 5.74) is 5.86. The first-order valence-corrected chi connectivity index (χ1v) is 18.5. The first-order valence-electron chi connectivity index (χ1n) is 18.5. The molecule has 50 heavy (non-hydrogen) atoms. The Morgan fingerprint density at radius 3 is 2.26 bits per heavy atom. The third kappa shape index (κ3) is 11.2. The molecule has 0 bridgehead atoms. The molecule has 1 aromatic heterocycles. The second-order valence-corrected chi connectivity index (χ2v) is 13.0. The number of fused-ring (bicyclic) bond motifs is 1. The maximum Gasteiger partial charge on any atom is 0.422 e. The van der Waals surface area contributed by atoms with Gasteiger partial charge in [0.25, 0.3) is 0 Å². The summed E-state index contributed by atoms with van der Waals surface area (Å²) >= 11 is 0. The van der Waals surface area contributed by atoms with Crippen molar-refractivity contribution in [3.8, 4) is 11.1 Å². The SMILES string of the molecule is CCC=CCC=CCC=CCCCCCCCC(=O)OCn1c(=O)oc2c(N3CCN(Cc4cccc(-c5ccccc5)c4)CC3)cccc21. The molecule has 1 aliphatic rings. The number of carbonyl (C=O) groups is 1. The Labute approximate surface area is 297 Å². The molecule has 0 atom stereocenters. The molecular formula is C43H53N3O4. The molecule has 2 heterocycles. The summed E-state index contributed by atoms with van der Waals surface area (Å²) in [6.07, 6.45) is 23.1. The van der Waals surface area contributed by atoms with E-state index in [2.05, 4.69) is 102 Å². The first kappa shape index (κ1) is 36.7. The maximum absolute atomic E-state index is 12.8. The largest absolute Gasteiger partial charge is 0.444 e. The summed E-state index contributed by atoms with van der Waals surface area (Å²) in [4.78, 5) is 30.1. The van der Waals surface area contributed by atoms with Crippen LogP contribution in [-0.4, -0.2) is 41.6 Å². The summed E-state index contributed by atoms with van der Waals surface area (Å²) in [5.74, 6) is -0.791. The Morgan fingerprint density at radius 1 is 0.760 bits per heavy atom. The van der Waals surface area contributed by atoms with Gasteiger partial charge in [-0.15, -0.1) is 0 Å². The molecule has 0 amide bonds. The monoisotopic (exact) mass is 675 g/mol. The lowest BCUT2D eigenvalue weighted by molar-refractivity contribution is -0.147. The molecule has 1 fully saturated rings. The van der Waals surface area contributed by atoms with Crippen LogP contribution >= 0.6 is 0 Å². The highest BCUT2D eigenvalue weighted by Gasteiger charge is 2.22. The predicted octanol–water partition coefficient (Wildman–Crippen LogP) is 9.67. The number of hydrogen-bond donors (Lipinski definition) is 0. The van der Waals surface area contributed by atoms with Crippen LogP contribution in [0.3, 0.4) is 0 Å². The number of anilines is 1. The Bertz CT molecular complexity index is 1760. The number of oxazole rings is 1. The van der Waals surface area contributed by atoms with Crippen molar-refractivity contribution in [2.75, 3.05) is 31.1 Å². The number of unbranched alkanes of at least 4 members (excludes halogenated alkanes) is 5. The van der Waals surface area contributed by atoms with E-state index in [9.17, 15) is 9.59 Å². The predicted molar refractivity (Wildman–Crippen MR) is 205 cm³/mol. The van der Waals surface area contributed by atoms with Crippen molar-refractivity contribution < 1.29 is 13.9 Å². The number of piperazine rings is 1. The lowest BCUT2D eigenvalue weighted by Crippen LogP contribution is -2.46. The van der Waals surface area contributed by atoms with Crippen molar-refractivity contribution in [2.24, 2.45) is 0 Å². The molecule has 0 spiro atoms. The molecule has 7 heteroatoms. The van der Waals surface area contributed by atoms with Gasteiger partial charge in [0.1, 0.15) is 0 Å². The van der Waals surface area contributed by atoms with E-state index in [1.165, 1.54) is 27.7 Å². The molecule has 5 rings (SSSR count). The van der Waals surface area contributed by atoms with Crippen LogP contribution in [0.2, 0.25) is 0 Å². The Balaban J connectivity index is 1.01. The summed E-state index contributed by atoms with van der Waals surface area (Å²) in [5, 5.41) is 0. The molecule has 4 aromatic rings. The summed E-state index contributed by atoms with van der Waals surface area (Å²) in [7, 11) is 0. The van der Waals surface area contributed by atoms with Crippen LogP contribution in [0.15, 0.2) is 118 Å². The van der Waals surface area contributed by atoms with Crippen LogP contribution in [0.5, 0.6) is 0 Å². The minimum absolute atomic E-state index is 0.138. The number of hydrogen-bond acceptors (Lipinski definition) is 6. The van der Waals surface area contributed by atoms with Crippen LogP contribution in [-0.2, 0) is 22.8 Å². The van der Waals surface area contributed by atoms with Crippen molar-refractivity contribution in [1.82, 2.24) is 9.47 Å². The second-order valence-electron chi connectivity index (χ2n) is 13.0. The highest BCUT2D eigenvalue weighted by atomic mass is 16.5. The van der Waals surface area contributed by atoms with E-state index < -0.39 is 5.76 Å². The standard InChI is InChI=1S/C43H53N3O4/c1-2-3-4-5-6-7-8-9-10-11-12-13-14-15-19-28-41(47)49-35-46-40-27-21-26-39(42(40)50-43(46)48)45-31-29-44(30-32-45)34-36-22-20-25-38(33-36)37-23-17-16-18-24-37/h3-4,6-7,9-10,16-18,20-27,33H,2,5,8,11-15,19,28-32,34-35H2,1H3. The van der Waals surface area contributed by atoms with E-state index in [1.54, 1.807) is 0 Å². The number of rotatable bonds is 19. The topological polar surface area (TPSA) is 67.9 Å². The molecule has 1 aliphatic heterocycles. The van der Waals surface area contributed by atoms with Crippen LogP contribution in [0.25, 0.3) is 22.2 Å². The van der Waals surface area contributed by atoms with Crippen LogP contribution in [0, 0.1) is 0 Å². The fraction of sp³-hybridized carbons (Fsp3) is 0.395. The molecule has 0 saturated carbocycles. The summed E-state index contributed by atoms with van der Waals surface area (Å²) in [6.45, 7) is 6.37. The normalized spacial score (nSPS) is 14.1. The van der Waals surface area contributed by atoms with Gasteiger partial charge in [-0.1, -0.05) is 117 Å². The van der Waals surface area contributed by atoms with Crippen molar-refractivity contribution in [3.05, 3.63) is 125 Å². The molecule has 0 aliphatic carbocycles. The zero-order valence-electron chi connectivity index (χ0n) is 29.7. The second kappa shape index (κ2) is 20.1. The van der Waals surface area contributed by atoms with Crippen molar-refractivity contribution in [3.63, 3.8) is 0 Å². The third-order valence-electron chi connectivity index (χ3n) is 9.21. The van der Waals surface area contributed by atoms with Crippen LogP contribution < -0.4 is 10.7 Å². The van der Waals surface area contributed by atoms with Crippen molar-refractivity contribution >= 4 is 22.8 Å². The Kier molecular flexibility index (Phi) is 14.8. The number of ether oxygens (including phenoxy) is 1. The van der Waals surface area contributed by atoms with E-state index in [-0.39, 0.29) is 12.7 Å². The van der Waals surface area contributed by atoms with Gasteiger partial charge in [-0.3, -0.25) is 9.69 Å². The molecule has 7 nitrogen and oxygen atoms in total. The maximum atomic E-state index is 12.8. The highest BCUT2D eigenvalue weighted by Crippen LogP contribution is 2.28. The number of carbonyl (C=O) groups excluding carboxylic acids is 1. The number of benzene rings is 3. The lowest BCUT2D eigenvalue weighted by Gasteiger charge is -2.36. The van der Waals surface area contributed by atoms with E-state index in [4.69, 9.17) is 9.15 Å². The molecule has 0 unspecified atom stereocenters. The fourth-order valence-electron chi connectivity index (χ4n) is 6.42.